The van der Waals surface area contributed by atoms with Gasteiger partial charge in [-0.05, 0) is 0 Å². The van der Waals surface area contributed by atoms with Crippen LogP contribution >= 0.6 is 0 Å². The summed E-state index contributed by atoms with van der Waals surface area (Å²) in [6, 6.07) is 0. The molecule has 0 bridgehead atoms. The molecule has 50 valence electrons. The van der Waals surface area contributed by atoms with Gasteiger partial charge in [-0.1, -0.05) is 6.58 Å². The average Bonchev–Trinajstić information content (AvgIpc) is 1.87. The molecule has 0 atom stereocenters. The van der Waals surface area contributed by atoms with Crippen molar-refractivity contribution in [2.75, 3.05) is 7.05 Å². The van der Waals surface area contributed by atoms with Crippen LogP contribution < -0.4 is 5.32 Å². The van der Waals surface area contributed by atoms with Gasteiger partial charge in [-0.2, -0.15) is 0 Å². The van der Waals surface area contributed by atoms with Gasteiger partial charge in [0.1, 0.15) is 0 Å². The number of amides is 1. The summed E-state index contributed by atoms with van der Waals surface area (Å²) in [7, 11) is 1.36. The summed E-state index contributed by atoms with van der Waals surface area (Å²) in [4.78, 5) is 20.4. The van der Waals surface area contributed by atoms with Crippen LogP contribution in [0.25, 0.3) is 0 Å². The number of rotatable bonds is 1. The minimum Gasteiger partial charge on any atom is -0.373 e. The summed E-state index contributed by atoms with van der Waals surface area (Å²) in [5.74, 6) is -0.755. The van der Waals surface area contributed by atoms with Crippen LogP contribution in [0.2, 0.25) is 0 Å². The van der Waals surface area contributed by atoms with E-state index >= 15 is 0 Å². The number of esters is 1. The van der Waals surface area contributed by atoms with E-state index < -0.39 is 12.1 Å². The number of carbonyl (C=O) groups excluding carboxylic acids is 2. The molecular formula is C5H7NO3. The van der Waals surface area contributed by atoms with Crippen LogP contribution in [-0.2, 0) is 9.53 Å². The van der Waals surface area contributed by atoms with Gasteiger partial charge in [0.2, 0.25) is 0 Å². The molecular weight excluding hydrogens is 122 g/mol. The smallest absolute Gasteiger partial charge is 0.373 e. The van der Waals surface area contributed by atoms with E-state index in [2.05, 4.69) is 16.6 Å². The molecule has 9 heavy (non-hydrogen) atoms. The van der Waals surface area contributed by atoms with Crippen molar-refractivity contribution in [1.29, 1.82) is 0 Å². The summed E-state index contributed by atoms with van der Waals surface area (Å²) in [5, 5.41) is 2.10. The Bertz CT molecular complexity index is 141. The van der Waals surface area contributed by atoms with Crippen molar-refractivity contribution >= 4 is 12.1 Å². The highest BCUT2D eigenvalue weighted by atomic mass is 16.6. The lowest BCUT2D eigenvalue weighted by molar-refractivity contribution is -0.131. The first-order valence-electron chi connectivity index (χ1n) is 2.26. The molecule has 0 heterocycles. The van der Waals surface area contributed by atoms with Crippen LogP contribution in [0.4, 0.5) is 4.79 Å². The molecule has 0 unspecified atom stereocenters. The number of hydrogen-bond acceptors (Lipinski definition) is 3. The number of nitrogens with one attached hydrogen (secondary N) is 1. The maximum Gasteiger partial charge on any atom is 0.414 e. The second-order valence-electron chi connectivity index (χ2n) is 1.16. The van der Waals surface area contributed by atoms with E-state index in [0.717, 1.165) is 6.08 Å². The predicted octanol–water partition coefficient (Wildman–Crippen LogP) is 0.0550. The molecule has 0 aliphatic carbocycles. The maximum absolute atomic E-state index is 10.2. The first-order valence-corrected chi connectivity index (χ1v) is 2.26. The molecule has 0 aromatic carbocycles. The van der Waals surface area contributed by atoms with Crippen LogP contribution in [0.5, 0.6) is 0 Å². The quantitative estimate of drug-likeness (QED) is 0.309. The third-order valence-electron chi connectivity index (χ3n) is 0.564. The summed E-state index contributed by atoms with van der Waals surface area (Å²) < 4.78 is 4.04. The van der Waals surface area contributed by atoms with Gasteiger partial charge in [-0.15, -0.1) is 0 Å². The van der Waals surface area contributed by atoms with Gasteiger partial charge < -0.3 is 10.1 Å². The van der Waals surface area contributed by atoms with E-state index in [0.29, 0.717) is 0 Å². The SMILES string of the molecule is C=CC(=O)OC(=O)NC. The average molecular weight is 129 g/mol. The summed E-state index contributed by atoms with van der Waals surface area (Å²) in [6.07, 6.45) is 0.134. The molecule has 4 heteroatoms. The largest absolute Gasteiger partial charge is 0.414 e. The molecule has 0 aliphatic rings. The molecule has 0 saturated carbocycles. The molecule has 1 N–H and O–H groups in total. The van der Waals surface area contributed by atoms with E-state index in [-0.39, 0.29) is 0 Å². The number of ether oxygens (including phenoxy) is 1. The Kier molecular flexibility index (Phi) is 3.12. The molecule has 1 amide bonds. The molecule has 0 rings (SSSR count). The molecule has 0 fully saturated rings. The minimum absolute atomic E-state index is 0.755. The van der Waals surface area contributed by atoms with Crippen LogP contribution in [0, 0.1) is 0 Å². The van der Waals surface area contributed by atoms with E-state index in [1.54, 1.807) is 0 Å². The summed E-state index contributed by atoms with van der Waals surface area (Å²) >= 11 is 0. The number of carbonyl (C=O) groups is 2. The molecule has 0 aromatic heterocycles. The highest BCUT2D eigenvalue weighted by Gasteiger charge is 2.01. The van der Waals surface area contributed by atoms with Crippen molar-refractivity contribution in [2.24, 2.45) is 0 Å². The summed E-state index contributed by atoms with van der Waals surface area (Å²) in [6.45, 7) is 3.09. The van der Waals surface area contributed by atoms with Gasteiger partial charge in [-0.25, -0.2) is 9.59 Å². The molecule has 0 spiro atoms. The first-order chi connectivity index (χ1) is 4.20. The topological polar surface area (TPSA) is 55.4 Å². The third kappa shape index (κ3) is 3.28. The fourth-order valence-electron chi connectivity index (χ4n) is 0.184. The van der Waals surface area contributed by atoms with Crippen molar-refractivity contribution < 1.29 is 14.3 Å². The standard InChI is InChI=1S/C5H7NO3/c1-3-4(7)9-5(8)6-2/h3H,1H2,2H3,(H,6,8). The zero-order chi connectivity index (χ0) is 7.28. The van der Waals surface area contributed by atoms with Crippen molar-refractivity contribution in [3.05, 3.63) is 12.7 Å². The Morgan fingerprint density at radius 3 is 2.56 bits per heavy atom. The van der Waals surface area contributed by atoms with Gasteiger partial charge >= 0.3 is 12.1 Å². The first kappa shape index (κ1) is 7.68. The van der Waals surface area contributed by atoms with Gasteiger partial charge in [0.25, 0.3) is 0 Å². The highest BCUT2D eigenvalue weighted by molar-refractivity contribution is 5.90. The van der Waals surface area contributed by atoms with Crippen molar-refractivity contribution in [3.63, 3.8) is 0 Å². The highest BCUT2D eigenvalue weighted by Crippen LogP contribution is 1.78. The second-order valence-corrected chi connectivity index (χ2v) is 1.16. The Balaban J connectivity index is 3.59. The van der Waals surface area contributed by atoms with Crippen molar-refractivity contribution in [3.8, 4) is 0 Å². The van der Waals surface area contributed by atoms with Crippen LogP contribution in [0.3, 0.4) is 0 Å². The monoisotopic (exact) mass is 129 g/mol. The van der Waals surface area contributed by atoms with Crippen LogP contribution in [-0.4, -0.2) is 19.1 Å². The van der Waals surface area contributed by atoms with E-state index in [1.807, 2.05) is 0 Å². The lowest BCUT2D eigenvalue weighted by atomic mass is 10.7. The maximum atomic E-state index is 10.2. The fraction of sp³-hybridized carbons (Fsp3) is 0.200. The summed E-state index contributed by atoms with van der Waals surface area (Å²) in [5.41, 5.74) is 0. The number of hydrogen-bond donors (Lipinski definition) is 1. The number of alkyl carbamates (subject to hydrolysis) is 1. The molecule has 0 saturated heterocycles. The Labute approximate surface area is 52.5 Å². The van der Waals surface area contributed by atoms with E-state index in [9.17, 15) is 9.59 Å². The Hall–Kier alpha value is -1.32. The van der Waals surface area contributed by atoms with Crippen molar-refractivity contribution in [2.45, 2.75) is 0 Å². The van der Waals surface area contributed by atoms with E-state index in [1.165, 1.54) is 7.05 Å². The zero-order valence-electron chi connectivity index (χ0n) is 5.01. The molecule has 0 aliphatic heterocycles. The third-order valence-corrected chi connectivity index (χ3v) is 0.564. The fourth-order valence-corrected chi connectivity index (χ4v) is 0.184. The second kappa shape index (κ2) is 3.65. The lowest BCUT2D eigenvalue weighted by Gasteiger charge is -1.94. The van der Waals surface area contributed by atoms with Crippen molar-refractivity contribution in [1.82, 2.24) is 5.32 Å². The Morgan fingerprint density at radius 1 is 1.67 bits per heavy atom. The Morgan fingerprint density at radius 2 is 2.22 bits per heavy atom. The zero-order valence-corrected chi connectivity index (χ0v) is 5.01. The lowest BCUT2D eigenvalue weighted by Crippen LogP contribution is -2.21. The predicted molar refractivity (Wildman–Crippen MR) is 30.7 cm³/mol. The minimum atomic E-state index is -0.778. The normalized spacial score (nSPS) is 7.67. The van der Waals surface area contributed by atoms with Crippen LogP contribution in [0.1, 0.15) is 0 Å². The molecule has 4 nitrogen and oxygen atoms in total. The van der Waals surface area contributed by atoms with Gasteiger partial charge in [-0.3, -0.25) is 0 Å². The van der Waals surface area contributed by atoms with Crippen LogP contribution in [0.15, 0.2) is 12.7 Å². The van der Waals surface area contributed by atoms with E-state index in [4.69, 9.17) is 0 Å². The molecule has 0 aromatic rings. The molecule has 0 radical (unpaired) electrons. The van der Waals surface area contributed by atoms with Gasteiger partial charge in [0.15, 0.2) is 0 Å². The van der Waals surface area contributed by atoms with Gasteiger partial charge in [0, 0.05) is 13.1 Å². The van der Waals surface area contributed by atoms with Gasteiger partial charge in [0.05, 0.1) is 0 Å².